The fourth-order valence-corrected chi connectivity index (χ4v) is 2.39. The normalized spacial score (nSPS) is 30.2. The van der Waals surface area contributed by atoms with Gasteiger partial charge in [-0.3, -0.25) is 4.79 Å². The second-order valence-electron chi connectivity index (χ2n) is 5.59. The molecule has 1 aliphatic carbocycles. The molecule has 0 aromatic rings. The van der Waals surface area contributed by atoms with Crippen molar-refractivity contribution in [2.75, 3.05) is 7.05 Å². The second kappa shape index (κ2) is 5.36. The van der Waals surface area contributed by atoms with E-state index in [-0.39, 0.29) is 11.7 Å². The maximum Gasteiger partial charge on any atom is 0.323 e. The number of rotatable bonds is 5. The predicted octanol–water partition coefficient (Wildman–Crippen LogP) is 2.18. The van der Waals surface area contributed by atoms with Crippen LogP contribution in [0.3, 0.4) is 0 Å². The van der Waals surface area contributed by atoms with E-state index in [1.54, 1.807) is 7.05 Å². The summed E-state index contributed by atoms with van der Waals surface area (Å²) in [5.41, 5.74) is -0.966. The Bertz CT molecular complexity index is 278. The molecular formula is C13H25NO3. The maximum atomic E-state index is 11.4. The molecule has 2 unspecified atom stereocenters. The van der Waals surface area contributed by atoms with Crippen molar-refractivity contribution in [2.45, 2.75) is 70.1 Å². The summed E-state index contributed by atoms with van der Waals surface area (Å²) in [5.74, 6) is -0.761. The van der Waals surface area contributed by atoms with Gasteiger partial charge >= 0.3 is 5.97 Å². The maximum absolute atomic E-state index is 11.4. The van der Waals surface area contributed by atoms with Crippen molar-refractivity contribution in [2.24, 2.45) is 0 Å². The Hall–Kier alpha value is -0.610. The van der Waals surface area contributed by atoms with Crippen LogP contribution in [0.2, 0.25) is 0 Å². The number of carboxylic acid groups (broad SMARTS) is 1. The first-order chi connectivity index (χ1) is 7.85. The van der Waals surface area contributed by atoms with Crippen molar-refractivity contribution >= 4 is 5.97 Å². The summed E-state index contributed by atoms with van der Waals surface area (Å²) < 4.78 is 6.03. The van der Waals surface area contributed by atoms with Gasteiger partial charge in [-0.25, -0.2) is 0 Å². The fraction of sp³-hybridized carbons (Fsp3) is 0.923. The summed E-state index contributed by atoms with van der Waals surface area (Å²) in [5, 5.41) is 12.3. The minimum absolute atomic E-state index is 0.0437. The monoisotopic (exact) mass is 243 g/mol. The summed E-state index contributed by atoms with van der Waals surface area (Å²) in [6, 6.07) is 0. The van der Waals surface area contributed by atoms with Gasteiger partial charge in [0.1, 0.15) is 5.54 Å². The topological polar surface area (TPSA) is 58.6 Å². The van der Waals surface area contributed by atoms with Crippen LogP contribution in [-0.4, -0.2) is 35.4 Å². The highest BCUT2D eigenvalue weighted by Gasteiger charge is 2.43. The van der Waals surface area contributed by atoms with Gasteiger partial charge in [0.2, 0.25) is 0 Å². The molecule has 1 rings (SSSR count). The Morgan fingerprint density at radius 3 is 2.71 bits per heavy atom. The Morgan fingerprint density at radius 1 is 1.59 bits per heavy atom. The SMILES string of the molecule is CCC(C)(C)OC1CCCC(NC)(C(=O)O)C1. The molecule has 17 heavy (non-hydrogen) atoms. The lowest BCUT2D eigenvalue weighted by atomic mass is 9.80. The molecule has 0 bridgehead atoms. The number of hydrogen-bond donors (Lipinski definition) is 2. The molecule has 0 saturated heterocycles. The molecule has 1 aliphatic rings. The van der Waals surface area contributed by atoms with Crippen LogP contribution in [0.1, 0.15) is 52.9 Å². The molecule has 0 aromatic carbocycles. The molecule has 1 fully saturated rings. The summed E-state index contributed by atoms with van der Waals surface area (Å²) in [4.78, 5) is 11.4. The van der Waals surface area contributed by atoms with Gasteiger partial charge in [-0.2, -0.15) is 0 Å². The van der Waals surface area contributed by atoms with Crippen LogP contribution in [0.4, 0.5) is 0 Å². The second-order valence-corrected chi connectivity index (χ2v) is 5.59. The van der Waals surface area contributed by atoms with Crippen molar-refractivity contribution < 1.29 is 14.6 Å². The zero-order chi connectivity index (χ0) is 13.1. The molecule has 100 valence electrons. The van der Waals surface area contributed by atoms with Crippen molar-refractivity contribution in [1.29, 1.82) is 0 Å². The van der Waals surface area contributed by atoms with E-state index in [0.29, 0.717) is 12.8 Å². The number of likely N-dealkylation sites (N-methyl/N-ethyl adjacent to an activating group) is 1. The first-order valence-corrected chi connectivity index (χ1v) is 6.45. The molecule has 2 atom stereocenters. The quantitative estimate of drug-likeness (QED) is 0.777. The molecule has 0 radical (unpaired) electrons. The number of ether oxygens (including phenoxy) is 1. The Balaban J connectivity index is 2.69. The largest absolute Gasteiger partial charge is 0.480 e. The lowest BCUT2D eigenvalue weighted by Crippen LogP contribution is -2.55. The molecule has 1 saturated carbocycles. The van der Waals surface area contributed by atoms with Crippen molar-refractivity contribution in [1.82, 2.24) is 5.32 Å². The summed E-state index contributed by atoms with van der Waals surface area (Å²) in [6.07, 6.45) is 4.08. The van der Waals surface area contributed by atoms with E-state index < -0.39 is 11.5 Å². The molecular weight excluding hydrogens is 218 g/mol. The number of aliphatic carboxylic acids is 1. The van der Waals surface area contributed by atoms with E-state index in [0.717, 1.165) is 19.3 Å². The number of hydrogen-bond acceptors (Lipinski definition) is 3. The Labute approximate surface area is 104 Å². The lowest BCUT2D eigenvalue weighted by molar-refractivity contribution is -0.153. The van der Waals surface area contributed by atoms with E-state index in [9.17, 15) is 9.90 Å². The highest BCUT2D eigenvalue weighted by Crippen LogP contribution is 2.33. The molecule has 0 heterocycles. The molecule has 0 amide bonds. The van der Waals surface area contributed by atoms with Crippen LogP contribution < -0.4 is 5.32 Å². The molecule has 0 aromatic heterocycles. The standard InChI is InChI=1S/C13H25NO3/c1-5-12(2,3)17-10-7-6-8-13(9-10,14-4)11(15)16/h10,14H,5-9H2,1-4H3,(H,15,16). The van der Waals surface area contributed by atoms with Crippen LogP contribution in [0.15, 0.2) is 0 Å². The third-order valence-electron chi connectivity index (χ3n) is 3.93. The van der Waals surface area contributed by atoms with Gasteiger partial charge in [0.15, 0.2) is 0 Å². The number of carbonyl (C=O) groups is 1. The summed E-state index contributed by atoms with van der Waals surface area (Å²) >= 11 is 0. The zero-order valence-corrected chi connectivity index (χ0v) is 11.4. The van der Waals surface area contributed by atoms with E-state index in [4.69, 9.17) is 4.74 Å². The van der Waals surface area contributed by atoms with Gasteiger partial charge in [0.05, 0.1) is 11.7 Å². The van der Waals surface area contributed by atoms with E-state index in [2.05, 4.69) is 26.1 Å². The molecule has 4 nitrogen and oxygen atoms in total. The minimum atomic E-state index is -0.799. The highest BCUT2D eigenvalue weighted by molar-refractivity contribution is 5.79. The molecule has 0 aliphatic heterocycles. The first kappa shape index (κ1) is 14.5. The van der Waals surface area contributed by atoms with Gasteiger partial charge in [0, 0.05) is 6.42 Å². The predicted molar refractivity (Wildman–Crippen MR) is 67.1 cm³/mol. The van der Waals surface area contributed by atoms with Crippen LogP contribution in [0.5, 0.6) is 0 Å². The van der Waals surface area contributed by atoms with Crippen molar-refractivity contribution in [3.05, 3.63) is 0 Å². The third-order valence-corrected chi connectivity index (χ3v) is 3.93. The lowest BCUT2D eigenvalue weighted by Gasteiger charge is -2.40. The first-order valence-electron chi connectivity index (χ1n) is 6.45. The molecule has 4 heteroatoms. The van der Waals surface area contributed by atoms with Crippen LogP contribution in [-0.2, 0) is 9.53 Å². The average molecular weight is 243 g/mol. The van der Waals surface area contributed by atoms with Gasteiger partial charge in [-0.1, -0.05) is 6.92 Å². The van der Waals surface area contributed by atoms with Gasteiger partial charge in [-0.15, -0.1) is 0 Å². The smallest absolute Gasteiger partial charge is 0.323 e. The molecule has 0 spiro atoms. The summed E-state index contributed by atoms with van der Waals surface area (Å²) in [6.45, 7) is 6.21. The van der Waals surface area contributed by atoms with Crippen LogP contribution in [0, 0.1) is 0 Å². The highest BCUT2D eigenvalue weighted by atomic mass is 16.5. The van der Waals surface area contributed by atoms with Crippen LogP contribution in [0.25, 0.3) is 0 Å². The van der Waals surface area contributed by atoms with E-state index >= 15 is 0 Å². The summed E-state index contributed by atoms with van der Waals surface area (Å²) in [7, 11) is 1.72. The Kier molecular flexibility index (Phi) is 4.55. The number of nitrogens with one attached hydrogen (secondary N) is 1. The zero-order valence-electron chi connectivity index (χ0n) is 11.4. The van der Waals surface area contributed by atoms with Gasteiger partial charge in [-0.05, 0) is 46.6 Å². The van der Waals surface area contributed by atoms with E-state index in [1.807, 2.05) is 0 Å². The third kappa shape index (κ3) is 3.42. The molecule has 2 N–H and O–H groups in total. The van der Waals surface area contributed by atoms with E-state index in [1.165, 1.54) is 0 Å². The van der Waals surface area contributed by atoms with Gasteiger partial charge < -0.3 is 15.2 Å². The fourth-order valence-electron chi connectivity index (χ4n) is 2.39. The average Bonchev–Trinajstić information content (AvgIpc) is 2.28. The minimum Gasteiger partial charge on any atom is -0.480 e. The Morgan fingerprint density at radius 2 is 2.24 bits per heavy atom. The van der Waals surface area contributed by atoms with Crippen LogP contribution >= 0.6 is 0 Å². The number of carboxylic acids is 1. The van der Waals surface area contributed by atoms with Gasteiger partial charge in [0.25, 0.3) is 0 Å². The van der Waals surface area contributed by atoms with Crippen molar-refractivity contribution in [3.8, 4) is 0 Å². The van der Waals surface area contributed by atoms with Crippen molar-refractivity contribution in [3.63, 3.8) is 0 Å².